The first-order valence-electron chi connectivity index (χ1n) is 8.02. The molecule has 3 N–H and O–H groups in total. The van der Waals surface area contributed by atoms with E-state index < -0.39 is 5.54 Å². The van der Waals surface area contributed by atoms with Crippen LogP contribution in [0.15, 0.2) is 0 Å². The van der Waals surface area contributed by atoms with E-state index in [1.165, 1.54) is 0 Å². The summed E-state index contributed by atoms with van der Waals surface area (Å²) in [4.78, 5) is 28.1. The first-order valence-corrected chi connectivity index (χ1v) is 8.02. The van der Waals surface area contributed by atoms with E-state index in [2.05, 4.69) is 10.2 Å². The Morgan fingerprint density at radius 1 is 1.23 bits per heavy atom. The maximum Gasteiger partial charge on any atom is 0.242 e. The average Bonchev–Trinajstić information content (AvgIpc) is 3.22. The van der Waals surface area contributed by atoms with E-state index in [9.17, 15) is 9.59 Å². The van der Waals surface area contributed by atoms with Gasteiger partial charge in [0.2, 0.25) is 11.8 Å². The number of halogens is 1. The number of nitrogens with one attached hydrogen (secondary N) is 1. The van der Waals surface area contributed by atoms with Crippen molar-refractivity contribution in [2.24, 2.45) is 5.73 Å². The molecule has 2 amide bonds. The third kappa shape index (κ3) is 5.41. The first kappa shape index (κ1) is 19.2. The molecule has 1 heterocycles. The summed E-state index contributed by atoms with van der Waals surface area (Å²) in [6.45, 7) is 7.09. The molecule has 1 aliphatic carbocycles. The van der Waals surface area contributed by atoms with E-state index in [0.29, 0.717) is 32.1 Å². The number of nitrogens with two attached hydrogens (primary N) is 1. The van der Waals surface area contributed by atoms with Gasteiger partial charge in [-0.15, -0.1) is 12.4 Å². The lowest BCUT2D eigenvalue weighted by atomic mass is 9.95. The van der Waals surface area contributed by atoms with Crippen molar-refractivity contribution >= 4 is 24.2 Å². The minimum atomic E-state index is -0.764. The second kappa shape index (κ2) is 8.13. The summed E-state index contributed by atoms with van der Waals surface area (Å²) >= 11 is 0. The smallest absolute Gasteiger partial charge is 0.242 e. The Morgan fingerprint density at radius 3 is 2.32 bits per heavy atom. The average molecular weight is 333 g/mol. The van der Waals surface area contributed by atoms with Gasteiger partial charge in [-0.05, 0) is 26.2 Å². The molecule has 1 aliphatic heterocycles. The van der Waals surface area contributed by atoms with E-state index in [0.717, 1.165) is 32.4 Å². The zero-order valence-electron chi connectivity index (χ0n) is 13.6. The Morgan fingerprint density at radius 2 is 1.82 bits per heavy atom. The number of piperazine rings is 1. The molecule has 0 aromatic carbocycles. The molecule has 2 aliphatic rings. The molecule has 1 saturated heterocycles. The van der Waals surface area contributed by atoms with Gasteiger partial charge in [0.05, 0.1) is 12.1 Å². The summed E-state index contributed by atoms with van der Waals surface area (Å²) in [5, 5.41) is 2.99. The fourth-order valence-electron chi connectivity index (χ4n) is 2.80. The van der Waals surface area contributed by atoms with Crippen LogP contribution in [0.2, 0.25) is 0 Å². The molecule has 22 heavy (non-hydrogen) atoms. The molecular weight excluding hydrogens is 304 g/mol. The van der Waals surface area contributed by atoms with E-state index in [1.54, 1.807) is 0 Å². The van der Waals surface area contributed by atoms with Gasteiger partial charge in [0.15, 0.2) is 0 Å². The fourth-order valence-corrected chi connectivity index (χ4v) is 2.80. The molecule has 0 aromatic rings. The summed E-state index contributed by atoms with van der Waals surface area (Å²) in [5.74, 6) is 0.137. The Hall–Kier alpha value is -0.850. The van der Waals surface area contributed by atoms with E-state index in [4.69, 9.17) is 5.73 Å². The lowest BCUT2D eigenvalue weighted by molar-refractivity contribution is -0.138. The van der Waals surface area contributed by atoms with Crippen LogP contribution in [-0.4, -0.2) is 65.9 Å². The molecule has 1 atom stereocenters. The topological polar surface area (TPSA) is 78.7 Å². The van der Waals surface area contributed by atoms with Crippen molar-refractivity contribution in [3.8, 4) is 0 Å². The number of hydrogen-bond acceptors (Lipinski definition) is 4. The minimum absolute atomic E-state index is 0. The largest absolute Gasteiger partial charge is 0.352 e. The Balaban J connectivity index is 0.00000242. The standard InChI is InChI=1S/C15H28N4O2.ClH/c1-3-6-15(2,16)14(21)19-9-7-18(8-10-19)11-13(20)17-12-4-5-12;/h12H,3-11,16H2,1-2H3,(H,17,20);1H. The summed E-state index contributed by atoms with van der Waals surface area (Å²) in [6, 6.07) is 0.410. The normalized spacial score (nSPS) is 21.7. The lowest BCUT2D eigenvalue weighted by Crippen LogP contribution is -2.58. The maximum atomic E-state index is 12.4. The van der Waals surface area contributed by atoms with Gasteiger partial charge in [-0.2, -0.15) is 0 Å². The molecule has 0 aromatic heterocycles. The summed E-state index contributed by atoms with van der Waals surface area (Å²) in [6.07, 6.45) is 3.83. The van der Waals surface area contributed by atoms with Crippen LogP contribution < -0.4 is 11.1 Å². The van der Waals surface area contributed by atoms with E-state index >= 15 is 0 Å². The molecule has 1 unspecified atom stereocenters. The van der Waals surface area contributed by atoms with Gasteiger partial charge in [0.25, 0.3) is 0 Å². The maximum absolute atomic E-state index is 12.4. The number of carbonyl (C=O) groups is 2. The first-order chi connectivity index (χ1) is 9.92. The van der Waals surface area contributed by atoms with E-state index in [1.807, 2.05) is 18.7 Å². The number of hydrogen-bond donors (Lipinski definition) is 2. The van der Waals surface area contributed by atoms with Crippen LogP contribution in [0.4, 0.5) is 0 Å². The van der Waals surface area contributed by atoms with Crippen molar-refractivity contribution in [2.45, 2.75) is 51.1 Å². The summed E-state index contributed by atoms with van der Waals surface area (Å²) in [7, 11) is 0. The Labute approximate surface area is 139 Å². The number of carbonyl (C=O) groups excluding carboxylic acids is 2. The molecule has 0 radical (unpaired) electrons. The SMILES string of the molecule is CCCC(C)(N)C(=O)N1CCN(CC(=O)NC2CC2)CC1.Cl. The Kier molecular flexibility index (Phi) is 7.09. The second-order valence-electron chi connectivity index (χ2n) is 6.58. The molecule has 2 fully saturated rings. The predicted molar refractivity (Wildman–Crippen MR) is 88.9 cm³/mol. The molecule has 2 rings (SSSR count). The zero-order chi connectivity index (χ0) is 15.5. The van der Waals surface area contributed by atoms with Crippen LogP contribution >= 0.6 is 12.4 Å². The molecule has 0 spiro atoms. The summed E-state index contributed by atoms with van der Waals surface area (Å²) < 4.78 is 0. The van der Waals surface area contributed by atoms with Crippen molar-refractivity contribution < 1.29 is 9.59 Å². The third-order valence-corrected chi connectivity index (χ3v) is 4.23. The van der Waals surface area contributed by atoms with Crippen LogP contribution in [0, 0.1) is 0 Å². The van der Waals surface area contributed by atoms with Crippen LogP contribution in [0.1, 0.15) is 39.5 Å². The predicted octanol–water partition coefficient (Wildman–Crippen LogP) is 0.349. The van der Waals surface area contributed by atoms with Gasteiger partial charge >= 0.3 is 0 Å². The highest BCUT2D eigenvalue weighted by atomic mass is 35.5. The quantitative estimate of drug-likeness (QED) is 0.735. The number of rotatable bonds is 6. The van der Waals surface area contributed by atoms with Crippen LogP contribution in [0.3, 0.4) is 0 Å². The number of nitrogens with zero attached hydrogens (tertiary/aromatic N) is 2. The molecule has 7 heteroatoms. The molecular formula is C15H29ClN4O2. The molecule has 1 saturated carbocycles. The molecule has 6 nitrogen and oxygen atoms in total. The van der Waals surface area contributed by atoms with Gasteiger partial charge in [-0.3, -0.25) is 14.5 Å². The fraction of sp³-hybridized carbons (Fsp3) is 0.867. The number of amides is 2. The van der Waals surface area contributed by atoms with Gasteiger partial charge in [-0.25, -0.2) is 0 Å². The van der Waals surface area contributed by atoms with Gasteiger partial charge < -0.3 is 16.0 Å². The van der Waals surface area contributed by atoms with Crippen molar-refractivity contribution in [1.29, 1.82) is 0 Å². The minimum Gasteiger partial charge on any atom is -0.352 e. The van der Waals surface area contributed by atoms with Crippen molar-refractivity contribution in [1.82, 2.24) is 15.1 Å². The molecule has 128 valence electrons. The highest BCUT2D eigenvalue weighted by Gasteiger charge is 2.33. The lowest BCUT2D eigenvalue weighted by Gasteiger charge is -2.38. The van der Waals surface area contributed by atoms with Gasteiger partial charge in [0, 0.05) is 32.2 Å². The van der Waals surface area contributed by atoms with Crippen molar-refractivity contribution in [3.05, 3.63) is 0 Å². The van der Waals surface area contributed by atoms with Crippen molar-refractivity contribution in [3.63, 3.8) is 0 Å². The van der Waals surface area contributed by atoms with Crippen LogP contribution in [0.25, 0.3) is 0 Å². The van der Waals surface area contributed by atoms with Crippen molar-refractivity contribution in [2.75, 3.05) is 32.7 Å². The van der Waals surface area contributed by atoms with Gasteiger partial charge in [-0.1, -0.05) is 13.3 Å². The monoisotopic (exact) mass is 332 g/mol. The second-order valence-corrected chi connectivity index (χ2v) is 6.58. The highest BCUT2D eigenvalue weighted by molar-refractivity contribution is 5.86. The van der Waals surface area contributed by atoms with Crippen LogP contribution in [0.5, 0.6) is 0 Å². The summed E-state index contributed by atoms with van der Waals surface area (Å²) in [5.41, 5.74) is 5.35. The van der Waals surface area contributed by atoms with Gasteiger partial charge in [0.1, 0.15) is 0 Å². The third-order valence-electron chi connectivity index (χ3n) is 4.23. The van der Waals surface area contributed by atoms with Crippen LogP contribution in [-0.2, 0) is 9.59 Å². The Bertz CT molecular complexity index is 391. The highest BCUT2D eigenvalue weighted by Crippen LogP contribution is 2.18. The van der Waals surface area contributed by atoms with E-state index in [-0.39, 0.29) is 24.2 Å². The zero-order valence-corrected chi connectivity index (χ0v) is 14.5. The molecule has 0 bridgehead atoms.